The zero-order valence-corrected chi connectivity index (χ0v) is 17.4. The van der Waals surface area contributed by atoms with Crippen LogP contribution in [0.4, 0.5) is 10.1 Å². The van der Waals surface area contributed by atoms with Gasteiger partial charge in [0.05, 0.1) is 23.1 Å². The van der Waals surface area contributed by atoms with Gasteiger partial charge in [0.15, 0.2) is 0 Å². The highest BCUT2D eigenvalue weighted by Gasteiger charge is 2.28. The van der Waals surface area contributed by atoms with Crippen LogP contribution in [-0.2, 0) is 14.8 Å². The Morgan fingerprint density at radius 3 is 2.66 bits per heavy atom. The molecule has 0 spiro atoms. The Morgan fingerprint density at radius 1 is 1.17 bits per heavy atom. The van der Waals surface area contributed by atoms with Crippen molar-refractivity contribution in [1.29, 1.82) is 0 Å². The average Bonchev–Trinajstić information content (AvgIpc) is 3.16. The lowest BCUT2D eigenvalue weighted by Gasteiger charge is -2.26. The van der Waals surface area contributed by atoms with Crippen LogP contribution in [-0.4, -0.2) is 44.9 Å². The SMILES string of the molecule is O=C(Nc1ccc(Cl)c(S(=O)(=O)N2CCOCC2)c1)c1cc2c(F)cccc2s1. The van der Waals surface area contributed by atoms with Crippen LogP contribution in [0.5, 0.6) is 0 Å². The Bertz CT molecular complexity index is 1190. The Morgan fingerprint density at radius 2 is 1.93 bits per heavy atom. The third kappa shape index (κ3) is 4.01. The summed E-state index contributed by atoms with van der Waals surface area (Å²) >= 11 is 7.29. The Hall–Kier alpha value is -2.04. The van der Waals surface area contributed by atoms with E-state index < -0.39 is 21.7 Å². The lowest BCUT2D eigenvalue weighted by Crippen LogP contribution is -2.40. The summed E-state index contributed by atoms with van der Waals surface area (Å²) in [6, 6.07) is 10.4. The summed E-state index contributed by atoms with van der Waals surface area (Å²) in [5, 5.41) is 3.10. The normalized spacial score (nSPS) is 15.5. The monoisotopic (exact) mass is 454 g/mol. The smallest absolute Gasteiger partial charge is 0.265 e. The molecule has 1 aliphatic heterocycles. The fourth-order valence-electron chi connectivity index (χ4n) is 3.03. The number of fused-ring (bicyclic) bond motifs is 1. The van der Waals surface area contributed by atoms with E-state index in [0.29, 0.717) is 28.2 Å². The van der Waals surface area contributed by atoms with E-state index in [1.165, 1.54) is 34.6 Å². The number of nitrogens with zero attached hydrogens (tertiary/aromatic N) is 1. The highest BCUT2D eigenvalue weighted by atomic mass is 35.5. The highest BCUT2D eigenvalue weighted by molar-refractivity contribution is 7.89. The van der Waals surface area contributed by atoms with Crippen molar-refractivity contribution in [3.8, 4) is 0 Å². The Kier molecular flexibility index (Phi) is 5.58. The fraction of sp³-hybridized carbons (Fsp3) is 0.211. The molecule has 0 aliphatic carbocycles. The molecule has 1 aliphatic rings. The van der Waals surface area contributed by atoms with Gasteiger partial charge in [-0.15, -0.1) is 11.3 Å². The first-order chi connectivity index (χ1) is 13.9. The first-order valence-corrected chi connectivity index (χ1v) is 11.4. The van der Waals surface area contributed by atoms with Crippen LogP contribution in [0.3, 0.4) is 0 Å². The zero-order valence-electron chi connectivity index (χ0n) is 15.0. The second kappa shape index (κ2) is 8.00. The number of nitrogens with one attached hydrogen (secondary N) is 1. The molecule has 3 aromatic rings. The number of carbonyl (C=O) groups is 1. The summed E-state index contributed by atoms with van der Waals surface area (Å²) in [5.41, 5.74) is 0.282. The first-order valence-electron chi connectivity index (χ1n) is 8.73. The number of hydrogen-bond acceptors (Lipinski definition) is 5. The van der Waals surface area contributed by atoms with Crippen LogP contribution in [0.15, 0.2) is 47.4 Å². The number of ether oxygens (including phenoxy) is 1. The summed E-state index contributed by atoms with van der Waals surface area (Å²) < 4.78 is 46.8. The second-order valence-corrected chi connectivity index (χ2v) is 9.78. The zero-order chi connectivity index (χ0) is 20.6. The largest absolute Gasteiger partial charge is 0.379 e. The minimum Gasteiger partial charge on any atom is -0.379 e. The average molecular weight is 455 g/mol. The van der Waals surface area contributed by atoms with Crippen LogP contribution >= 0.6 is 22.9 Å². The van der Waals surface area contributed by atoms with Gasteiger partial charge < -0.3 is 10.1 Å². The topological polar surface area (TPSA) is 75.7 Å². The standard InChI is InChI=1S/C19H16ClFN2O4S2/c20-14-5-4-12(10-18(14)29(25,26)23-6-8-27-9-7-23)22-19(24)17-11-13-15(21)2-1-3-16(13)28-17/h1-5,10-11H,6-9H2,(H,22,24). The summed E-state index contributed by atoms with van der Waals surface area (Å²) in [4.78, 5) is 12.8. The van der Waals surface area contributed by atoms with Crippen LogP contribution in [0, 0.1) is 5.82 Å². The molecule has 0 radical (unpaired) electrons. The maximum atomic E-state index is 13.9. The molecule has 0 saturated carbocycles. The molecular formula is C19H16ClFN2O4S2. The van der Waals surface area contributed by atoms with E-state index in [0.717, 1.165) is 11.3 Å². The van der Waals surface area contributed by atoms with Gasteiger partial charge in [0.1, 0.15) is 10.7 Å². The van der Waals surface area contributed by atoms with Crippen LogP contribution in [0.25, 0.3) is 10.1 Å². The van der Waals surface area contributed by atoms with Gasteiger partial charge in [-0.05, 0) is 36.4 Å². The fourth-order valence-corrected chi connectivity index (χ4v) is 5.91. The number of sulfonamides is 1. The summed E-state index contributed by atoms with van der Waals surface area (Å²) in [6.07, 6.45) is 0. The molecule has 0 unspecified atom stereocenters. The predicted octanol–water partition coefficient (Wildman–Crippen LogP) is 3.97. The number of benzene rings is 2. The van der Waals surface area contributed by atoms with Crippen molar-refractivity contribution in [3.63, 3.8) is 0 Å². The third-order valence-corrected chi connectivity index (χ3v) is 7.99. The van der Waals surface area contributed by atoms with E-state index in [1.807, 2.05) is 0 Å². The molecule has 1 N–H and O–H groups in total. The van der Waals surface area contributed by atoms with Crippen molar-refractivity contribution in [3.05, 3.63) is 58.2 Å². The van der Waals surface area contributed by atoms with E-state index in [-0.39, 0.29) is 28.7 Å². The number of morpholine rings is 1. The Balaban J connectivity index is 1.61. The van der Waals surface area contributed by atoms with Crippen LogP contribution in [0.2, 0.25) is 5.02 Å². The number of halogens is 2. The molecule has 10 heteroatoms. The van der Waals surface area contributed by atoms with E-state index in [4.69, 9.17) is 16.3 Å². The van der Waals surface area contributed by atoms with Gasteiger partial charge in [-0.3, -0.25) is 4.79 Å². The van der Waals surface area contributed by atoms with E-state index in [2.05, 4.69) is 5.32 Å². The molecule has 0 bridgehead atoms. The predicted molar refractivity (Wildman–Crippen MR) is 111 cm³/mol. The molecular weight excluding hydrogens is 439 g/mol. The van der Waals surface area contributed by atoms with Crippen molar-refractivity contribution in [2.24, 2.45) is 0 Å². The molecule has 2 heterocycles. The molecule has 4 rings (SSSR count). The molecule has 29 heavy (non-hydrogen) atoms. The van der Waals surface area contributed by atoms with Gasteiger partial charge in [-0.1, -0.05) is 17.7 Å². The number of rotatable bonds is 4. The molecule has 1 amide bonds. The highest BCUT2D eigenvalue weighted by Crippen LogP contribution is 2.30. The quantitative estimate of drug-likeness (QED) is 0.647. The van der Waals surface area contributed by atoms with Crippen molar-refractivity contribution < 1.29 is 22.3 Å². The second-order valence-electron chi connectivity index (χ2n) is 6.38. The molecule has 6 nitrogen and oxygen atoms in total. The minimum atomic E-state index is -3.82. The minimum absolute atomic E-state index is 0.0680. The van der Waals surface area contributed by atoms with Crippen molar-refractivity contribution in [1.82, 2.24) is 4.31 Å². The molecule has 2 aromatic carbocycles. The number of carbonyl (C=O) groups excluding carboxylic acids is 1. The van der Waals surface area contributed by atoms with E-state index in [1.54, 1.807) is 12.1 Å². The number of thiophene rings is 1. The molecule has 0 atom stereocenters. The molecule has 1 fully saturated rings. The van der Waals surface area contributed by atoms with Gasteiger partial charge in [0.25, 0.3) is 5.91 Å². The number of anilines is 1. The van der Waals surface area contributed by atoms with Gasteiger partial charge in [-0.25, -0.2) is 12.8 Å². The summed E-state index contributed by atoms with van der Waals surface area (Å²) in [7, 11) is -3.82. The van der Waals surface area contributed by atoms with Crippen molar-refractivity contribution in [2.75, 3.05) is 31.6 Å². The van der Waals surface area contributed by atoms with Crippen molar-refractivity contribution in [2.45, 2.75) is 4.90 Å². The summed E-state index contributed by atoms with van der Waals surface area (Å²) in [6.45, 7) is 1.11. The van der Waals surface area contributed by atoms with Gasteiger partial charge >= 0.3 is 0 Å². The molecule has 1 aromatic heterocycles. The first kappa shape index (κ1) is 20.2. The van der Waals surface area contributed by atoms with Crippen LogP contribution < -0.4 is 5.32 Å². The van der Waals surface area contributed by atoms with E-state index >= 15 is 0 Å². The maximum Gasteiger partial charge on any atom is 0.265 e. The lowest BCUT2D eigenvalue weighted by molar-refractivity contribution is 0.0730. The molecule has 152 valence electrons. The van der Waals surface area contributed by atoms with Gasteiger partial charge in [0.2, 0.25) is 10.0 Å². The molecule has 1 saturated heterocycles. The van der Waals surface area contributed by atoms with Gasteiger partial charge in [-0.2, -0.15) is 4.31 Å². The van der Waals surface area contributed by atoms with Crippen LogP contribution in [0.1, 0.15) is 9.67 Å². The number of amides is 1. The lowest BCUT2D eigenvalue weighted by atomic mass is 10.2. The van der Waals surface area contributed by atoms with Crippen molar-refractivity contribution >= 4 is 54.6 Å². The number of hydrogen-bond donors (Lipinski definition) is 1. The maximum absolute atomic E-state index is 13.9. The third-order valence-electron chi connectivity index (χ3n) is 4.51. The summed E-state index contributed by atoms with van der Waals surface area (Å²) in [5.74, 6) is -0.856. The Labute approximate surface area is 175 Å². The van der Waals surface area contributed by atoms with Gasteiger partial charge in [0, 0.05) is 28.9 Å². The van der Waals surface area contributed by atoms with E-state index in [9.17, 15) is 17.6 Å².